The summed E-state index contributed by atoms with van der Waals surface area (Å²) in [7, 11) is 0. The van der Waals surface area contributed by atoms with E-state index in [1.807, 2.05) is 12.1 Å². The number of hydrogen-bond donors (Lipinski definition) is 0. The Morgan fingerprint density at radius 1 is 0.909 bits per heavy atom. The van der Waals surface area contributed by atoms with Gasteiger partial charge in [0, 0.05) is 39.3 Å². The number of nitrogens with zero attached hydrogens (tertiary/aromatic N) is 2. The monoisotopic (exact) mass is 296 g/mol. The van der Waals surface area contributed by atoms with Crippen molar-refractivity contribution in [3.8, 4) is 0 Å². The van der Waals surface area contributed by atoms with Gasteiger partial charge in [-0.25, -0.2) is 0 Å². The quantitative estimate of drug-likeness (QED) is 0.816. The Bertz CT molecular complexity index is 554. The third kappa shape index (κ3) is 4.58. The molecular weight excluding hydrogens is 272 g/mol. The number of benzene rings is 1. The van der Waals surface area contributed by atoms with Crippen molar-refractivity contribution in [3.05, 3.63) is 66.1 Å². The molecule has 2 aromatic rings. The summed E-state index contributed by atoms with van der Waals surface area (Å²) in [6.45, 7) is 6.81. The second kappa shape index (κ2) is 7.97. The van der Waals surface area contributed by atoms with Gasteiger partial charge in [0.25, 0.3) is 0 Å². The molecule has 1 aromatic carbocycles. The molecule has 3 nitrogen and oxygen atoms in total. The van der Waals surface area contributed by atoms with Crippen LogP contribution in [0.1, 0.15) is 11.3 Å². The van der Waals surface area contributed by atoms with Gasteiger partial charge in [0.2, 0.25) is 0 Å². The first kappa shape index (κ1) is 15.1. The SMILES string of the molecule is C(=C/c1ccco1)/CN1CCN(CCc2ccccc2)CC1. The molecule has 1 fully saturated rings. The topological polar surface area (TPSA) is 19.6 Å². The van der Waals surface area contributed by atoms with Gasteiger partial charge in [0.05, 0.1) is 6.26 Å². The van der Waals surface area contributed by atoms with Gasteiger partial charge in [-0.3, -0.25) is 4.90 Å². The third-order valence-corrected chi connectivity index (χ3v) is 4.21. The lowest BCUT2D eigenvalue weighted by atomic mass is 10.1. The normalized spacial score (nSPS) is 17.3. The summed E-state index contributed by atoms with van der Waals surface area (Å²) < 4.78 is 5.30. The molecule has 0 saturated carbocycles. The molecule has 0 atom stereocenters. The number of rotatable bonds is 6. The highest BCUT2D eigenvalue weighted by molar-refractivity contribution is 5.42. The Morgan fingerprint density at radius 2 is 1.68 bits per heavy atom. The molecular formula is C19H24N2O. The lowest BCUT2D eigenvalue weighted by Gasteiger charge is -2.34. The van der Waals surface area contributed by atoms with E-state index in [-0.39, 0.29) is 0 Å². The lowest BCUT2D eigenvalue weighted by molar-refractivity contribution is 0.144. The molecule has 0 spiro atoms. The van der Waals surface area contributed by atoms with Crippen molar-refractivity contribution in [1.82, 2.24) is 9.80 Å². The van der Waals surface area contributed by atoms with Gasteiger partial charge in [-0.05, 0) is 30.2 Å². The molecule has 0 N–H and O–H groups in total. The van der Waals surface area contributed by atoms with Crippen molar-refractivity contribution >= 4 is 6.08 Å². The highest BCUT2D eigenvalue weighted by atomic mass is 16.3. The van der Waals surface area contributed by atoms with Crippen molar-refractivity contribution in [2.45, 2.75) is 6.42 Å². The third-order valence-electron chi connectivity index (χ3n) is 4.21. The van der Waals surface area contributed by atoms with Gasteiger partial charge in [-0.15, -0.1) is 0 Å². The van der Waals surface area contributed by atoms with Crippen LogP contribution in [0, 0.1) is 0 Å². The fourth-order valence-electron chi connectivity index (χ4n) is 2.83. The minimum Gasteiger partial charge on any atom is -0.465 e. The summed E-state index contributed by atoms with van der Waals surface area (Å²) in [5, 5.41) is 0. The van der Waals surface area contributed by atoms with E-state index < -0.39 is 0 Å². The van der Waals surface area contributed by atoms with E-state index in [2.05, 4.69) is 52.3 Å². The van der Waals surface area contributed by atoms with Crippen LogP contribution in [0.2, 0.25) is 0 Å². The fraction of sp³-hybridized carbons (Fsp3) is 0.368. The number of hydrogen-bond acceptors (Lipinski definition) is 3. The predicted molar refractivity (Wildman–Crippen MR) is 90.8 cm³/mol. The maximum atomic E-state index is 5.30. The zero-order valence-electron chi connectivity index (χ0n) is 13.0. The van der Waals surface area contributed by atoms with Crippen molar-refractivity contribution in [3.63, 3.8) is 0 Å². The molecule has 2 heterocycles. The van der Waals surface area contributed by atoms with Crippen LogP contribution >= 0.6 is 0 Å². The molecule has 22 heavy (non-hydrogen) atoms. The Labute approximate surface area is 132 Å². The summed E-state index contributed by atoms with van der Waals surface area (Å²) in [4.78, 5) is 5.07. The van der Waals surface area contributed by atoms with Gasteiger partial charge in [-0.1, -0.05) is 36.4 Å². The molecule has 0 amide bonds. The van der Waals surface area contributed by atoms with Gasteiger partial charge in [-0.2, -0.15) is 0 Å². The van der Waals surface area contributed by atoms with E-state index in [4.69, 9.17) is 4.42 Å². The first-order valence-corrected chi connectivity index (χ1v) is 8.09. The van der Waals surface area contributed by atoms with E-state index in [9.17, 15) is 0 Å². The summed E-state index contributed by atoms with van der Waals surface area (Å²) in [6, 6.07) is 14.7. The molecule has 0 unspecified atom stereocenters. The molecule has 1 aliphatic heterocycles. The van der Waals surface area contributed by atoms with E-state index in [0.29, 0.717) is 0 Å². The summed E-state index contributed by atoms with van der Waals surface area (Å²) in [6.07, 6.45) is 7.12. The Balaban J connectivity index is 1.35. The van der Waals surface area contributed by atoms with Gasteiger partial charge in [0.1, 0.15) is 5.76 Å². The van der Waals surface area contributed by atoms with Crippen LogP contribution in [0.15, 0.2) is 59.2 Å². The van der Waals surface area contributed by atoms with Crippen LogP contribution in [0.4, 0.5) is 0 Å². The molecule has 116 valence electrons. The average Bonchev–Trinajstić information content (AvgIpc) is 3.08. The van der Waals surface area contributed by atoms with Crippen molar-refractivity contribution in [2.24, 2.45) is 0 Å². The molecule has 3 rings (SSSR count). The molecule has 0 radical (unpaired) electrons. The maximum absolute atomic E-state index is 5.30. The largest absolute Gasteiger partial charge is 0.465 e. The minimum absolute atomic E-state index is 0.932. The minimum atomic E-state index is 0.932. The van der Waals surface area contributed by atoms with Gasteiger partial charge >= 0.3 is 0 Å². The molecule has 1 saturated heterocycles. The smallest absolute Gasteiger partial charge is 0.126 e. The van der Waals surface area contributed by atoms with Crippen LogP contribution in [-0.4, -0.2) is 49.1 Å². The Hall–Kier alpha value is -1.84. The predicted octanol–water partition coefficient (Wildman–Crippen LogP) is 3.15. The summed E-state index contributed by atoms with van der Waals surface area (Å²) in [5.41, 5.74) is 1.44. The molecule has 1 aromatic heterocycles. The first-order valence-electron chi connectivity index (χ1n) is 8.09. The first-order chi connectivity index (χ1) is 10.9. The lowest BCUT2D eigenvalue weighted by Crippen LogP contribution is -2.46. The molecule has 3 heteroatoms. The second-order valence-corrected chi connectivity index (χ2v) is 5.80. The average molecular weight is 296 g/mol. The molecule has 1 aliphatic rings. The zero-order chi connectivity index (χ0) is 15.0. The van der Waals surface area contributed by atoms with Crippen LogP contribution in [-0.2, 0) is 6.42 Å². The highest BCUT2D eigenvalue weighted by Gasteiger charge is 2.15. The Morgan fingerprint density at radius 3 is 2.41 bits per heavy atom. The van der Waals surface area contributed by atoms with Crippen molar-refractivity contribution in [2.75, 3.05) is 39.3 Å². The van der Waals surface area contributed by atoms with E-state index in [1.54, 1.807) is 6.26 Å². The summed E-state index contributed by atoms with van der Waals surface area (Å²) in [5.74, 6) is 0.932. The van der Waals surface area contributed by atoms with E-state index in [1.165, 1.54) is 25.2 Å². The molecule has 0 aliphatic carbocycles. The van der Waals surface area contributed by atoms with Crippen molar-refractivity contribution < 1.29 is 4.42 Å². The number of piperazine rings is 1. The highest BCUT2D eigenvalue weighted by Crippen LogP contribution is 2.07. The van der Waals surface area contributed by atoms with Crippen LogP contribution in [0.25, 0.3) is 6.08 Å². The van der Waals surface area contributed by atoms with Gasteiger partial charge < -0.3 is 9.32 Å². The maximum Gasteiger partial charge on any atom is 0.126 e. The zero-order valence-corrected chi connectivity index (χ0v) is 13.0. The molecule has 0 bridgehead atoms. The fourth-order valence-corrected chi connectivity index (χ4v) is 2.83. The van der Waals surface area contributed by atoms with Crippen molar-refractivity contribution in [1.29, 1.82) is 0 Å². The van der Waals surface area contributed by atoms with Gasteiger partial charge in [0.15, 0.2) is 0 Å². The standard InChI is InChI=1S/C19H24N2O/c1-2-6-18(7-3-1)10-12-21-15-13-20(14-16-21)11-4-8-19-9-5-17-22-19/h1-9,17H,10-16H2/b8-4-. The second-order valence-electron chi connectivity index (χ2n) is 5.80. The Kier molecular flexibility index (Phi) is 5.46. The van der Waals surface area contributed by atoms with E-state index >= 15 is 0 Å². The van der Waals surface area contributed by atoms with Crippen LogP contribution in [0.5, 0.6) is 0 Å². The van der Waals surface area contributed by atoms with Crippen LogP contribution < -0.4 is 0 Å². The van der Waals surface area contributed by atoms with Crippen LogP contribution in [0.3, 0.4) is 0 Å². The van der Waals surface area contributed by atoms with E-state index in [0.717, 1.165) is 31.8 Å². The summed E-state index contributed by atoms with van der Waals surface area (Å²) >= 11 is 0. The number of furan rings is 1.